The zero-order chi connectivity index (χ0) is 22.0. The van der Waals surface area contributed by atoms with Gasteiger partial charge < -0.3 is 5.32 Å². The van der Waals surface area contributed by atoms with E-state index in [2.05, 4.69) is 15.3 Å². The first kappa shape index (κ1) is 21.5. The van der Waals surface area contributed by atoms with Crippen molar-refractivity contribution in [2.45, 2.75) is 27.9 Å². The van der Waals surface area contributed by atoms with E-state index in [0.717, 1.165) is 22.1 Å². The molecule has 1 unspecified atom stereocenters. The minimum Gasteiger partial charge on any atom is -0.306 e. The number of thioether (sulfide) groups is 1. The van der Waals surface area contributed by atoms with Crippen molar-refractivity contribution in [1.82, 2.24) is 9.97 Å². The third-order valence-corrected chi connectivity index (χ3v) is 6.54. The van der Waals surface area contributed by atoms with Gasteiger partial charge in [0.2, 0.25) is 0 Å². The highest BCUT2D eigenvalue weighted by atomic mass is 32.2. The topological polar surface area (TPSA) is 58.1 Å². The number of pyridine rings is 2. The maximum absolute atomic E-state index is 13.2. The van der Waals surface area contributed by atoms with Crippen LogP contribution in [0.15, 0.2) is 71.0 Å². The molecule has 0 bridgehead atoms. The van der Waals surface area contributed by atoms with Crippen LogP contribution in [0.25, 0.3) is 0 Å². The van der Waals surface area contributed by atoms with E-state index in [4.69, 9.17) is 0 Å². The van der Waals surface area contributed by atoms with Crippen LogP contribution < -0.4 is 10.2 Å². The van der Waals surface area contributed by atoms with Crippen LogP contribution in [-0.2, 0) is 12.6 Å². The molecule has 1 N–H and O–H groups in total. The molecule has 0 fully saturated rings. The Bertz CT molecular complexity index is 1080. The van der Waals surface area contributed by atoms with E-state index < -0.39 is 17.8 Å². The van der Waals surface area contributed by atoms with Crippen LogP contribution in [-0.4, -0.2) is 27.6 Å². The van der Waals surface area contributed by atoms with Crippen LogP contribution in [0.2, 0.25) is 0 Å². The number of amides is 2. The summed E-state index contributed by atoms with van der Waals surface area (Å²) in [6.07, 6.45) is 2.78. The lowest BCUT2D eigenvalue weighted by molar-refractivity contribution is -0.137. The van der Waals surface area contributed by atoms with Crippen molar-refractivity contribution < 1.29 is 18.0 Å². The van der Waals surface area contributed by atoms with Crippen LogP contribution in [0.1, 0.15) is 11.1 Å². The smallest absolute Gasteiger partial charge is 0.306 e. The second-order valence-electron chi connectivity index (χ2n) is 6.71. The van der Waals surface area contributed by atoms with Crippen LogP contribution in [0, 0.1) is 0 Å². The van der Waals surface area contributed by atoms with E-state index in [-0.39, 0.29) is 11.1 Å². The number of benzene rings is 1. The summed E-state index contributed by atoms with van der Waals surface area (Å²) in [4.78, 5) is 23.7. The molecule has 0 aliphatic carbocycles. The molecule has 0 saturated carbocycles. The van der Waals surface area contributed by atoms with E-state index in [1.165, 1.54) is 40.7 Å². The zero-order valence-electron chi connectivity index (χ0n) is 16.3. The SMILES string of the molecule is CSC1Cc2ccc(C(F)(F)F)cc2N1C(=O)Nc1ccc(Sc2cccnc2)nc1. The molecular weight excluding hydrogens is 445 g/mol. The number of nitrogens with zero attached hydrogens (tertiary/aromatic N) is 3. The number of anilines is 2. The first-order chi connectivity index (χ1) is 14.8. The molecule has 1 aliphatic rings. The lowest BCUT2D eigenvalue weighted by Crippen LogP contribution is -2.39. The number of fused-ring (bicyclic) bond motifs is 1. The fourth-order valence-corrected chi connectivity index (χ4v) is 4.74. The van der Waals surface area contributed by atoms with Gasteiger partial charge in [0.05, 0.1) is 28.5 Å². The molecule has 5 nitrogen and oxygen atoms in total. The quantitative estimate of drug-likeness (QED) is 0.521. The minimum atomic E-state index is -4.47. The van der Waals surface area contributed by atoms with Gasteiger partial charge in [-0.05, 0) is 48.2 Å². The van der Waals surface area contributed by atoms with Crippen LogP contribution >= 0.6 is 23.5 Å². The van der Waals surface area contributed by atoms with Gasteiger partial charge in [-0.15, -0.1) is 11.8 Å². The van der Waals surface area contributed by atoms with Gasteiger partial charge in [0.15, 0.2) is 0 Å². The molecule has 2 amide bonds. The van der Waals surface area contributed by atoms with Crippen LogP contribution in [0.3, 0.4) is 0 Å². The normalized spacial score (nSPS) is 15.6. The molecule has 0 saturated heterocycles. The third kappa shape index (κ3) is 4.80. The monoisotopic (exact) mass is 462 g/mol. The number of aromatic nitrogens is 2. The molecule has 1 aromatic carbocycles. The molecule has 4 rings (SSSR count). The van der Waals surface area contributed by atoms with Crippen molar-refractivity contribution in [3.8, 4) is 0 Å². The summed E-state index contributed by atoms with van der Waals surface area (Å²) in [7, 11) is 0. The second kappa shape index (κ2) is 8.80. The van der Waals surface area contributed by atoms with Gasteiger partial charge in [0.25, 0.3) is 0 Å². The highest BCUT2D eigenvalue weighted by Crippen LogP contribution is 2.40. The predicted molar refractivity (Wildman–Crippen MR) is 117 cm³/mol. The Balaban J connectivity index is 1.51. The van der Waals surface area contributed by atoms with Crippen molar-refractivity contribution in [3.05, 3.63) is 72.2 Å². The molecule has 3 heterocycles. The number of hydrogen-bond donors (Lipinski definition) is 1. The number of nitrogens with one attached hydrogen (secondary N) is 1. The highest BCUT2D eigenvalue weighted by Gasteiger charge is 2.37. The Morgan fingerprint density at radius 1 is 1.19 bits per heavy atom. The summed E-state index contributed by atoms with van der Waals surface area (Å²) in [6, 6.07) is 10.3. The molecule has 3 aromatic rings. The van der Waals surface area contributed by atoms with Crippen molar-refractivity contribution in [2.75, 3.05) is 16.5 Å². The standard InChI is InChI=1S/C21H17F3N4OS2/c1-30-19-9-13-4-5-14(21(22,23)24)10-17(13)28(19)20(29)27-15-6-7-18(26-11-15)31-16-3-2-8-25-12-16/h2-8,10-12,19H,9H2,1H3,(H,27,29). The fraction of sp³-hybridized carbons (Fsp3) is 0.190. The highest BCUT2D eigenvalue weighted by molar-refractivity contribution is 7.99. The molecule has 1 atom stereocenters. The number of carbonyl (C=O) groups excluding carboxylic acids is 1. The van der Waals surface area contributed by atoms with E-state index in [1.807, 2.05) is 18.4 Å². The van der Waals surface area contributed by atoms with E-state index >= 15 is 0 Å². The maximum Gasteiger partial charge on any atom is 0.416 e. The number of hydrogen-bond acceptors (Lipinski definition) is 5. The summed E-state index contributed by atoms with van der Waals surface area (Å²) < 4.78 is 39.5. The molecule has 160 valence electrons. The van der Waals surface area contributed by atoms with Gasteiger partial charge in [-0.2, -0.15) is 13.2 Å². The summed E-state index contributed by atoms with van der Waals surface area (Å²) in [5.41, 5.74) is 0.678. The first-order valence-electron chi connectivity index (χ1n) is 9.22. The number of carbonyl (C=O) groups is 1. The number of urea groups is 1. The van der Waals surface area contributed by atoms with E-state index in [9.17, 15) is 18.0 Å². The van der Waals surface area contributed by atoms with E-state index in [0.29, 0.717) is 17.7 Å². The van der Waals surface area contributed by atoms with Crippen molar-refractivity contribution in [1.29, 1.82) is 0 Å². The van der Waals surface area contributed by atoms with Gasteiger partial charge >= 0.3 is 12.2 Å². The van der Waals surface area contributed by atoms with Gasteiger partial charge in [0.1, 0.15) is 5.03 Å². The van der Waals surface area contributed by atoms with Gasteiger partial charge in [-0.1, -0.05) is 17.8 Å². The predicted octanol–water partition coefficient (Wildman–Crippen LogP) is 5.93. The maximum atomic E-state index is 13.2. The summed E-state index contributed by atoms with van der Waals surface area (Å²) in [5, 5.41) is 3.19. The minimum absolute atomic E-state index is 0.281. The Labute approximate surface area is 185 Å². The summed E-state index contributed by atoms with van der Waals surface area (Å²) in [6.45, 7) is 0. The van der Waals surface area contributed by atoms with Crippen molar-refractivity contribution >= 4 is 40.9 Å². The average Bonchev–Trinajstić information content (AvgIpc) is 3.13. The first-order valence-corrected chi connectivity index (χ1v) is 11.3. The van der Waals surface area contributed by atoms with Gasteiger partial charge in [-0.3, -0.25) is 9.88 Å². The van der Waals surface area contributed by atoms with E-state index in [1.54, 1.807) is 24.5 Å². The number of alkyl halides is 3. The molecule has 0 radical (unpaired) electrons. The number of halogens is 3. The average molecular weight is 463 g/mol. The molecular formula is C21H17F3N4OS2. The second-order valence-corrected chi connectivity index (χ2v) is 8.82. The lowest BCUT2D eigenvalue weighted by Gasteiger charge is -2.25. The molecule has 31 heavy (non-hydrogen) atoms. The van der Waals surface area contributed by atoms with Crippen LogP contribution in [0.5, 0.6) is 0 Å². The summed E-state index contributed by atoms with van der Waals surface area (Å²) in [5.74, 6) is 0. The molecule has 1 aliphatic heterocycles. The number of rotatable bonds is 4. The van der Waals surface area contributed by atoms with Crippen molar-refractivity contribution in [3.63, 3.8) is 0 Å². The molecule has 2 aromatic heterocycles. The van der Waals surface area contributed by atoms with Crippen molar-refractivity contribution in [2.24, 2.45) is 0 Å². The zero-order valence-corrected chi connectivity index (χ0v) is 17.9. The summed E-state index contributed by atoms with van der Waals surface area (Å²) >= 11 is 2.84. The molecule has 10 heteroatoms. The van der Waals surface area contributed by atoms with Gasteiger partial charge in [-0.25, -0.2) is 9.78 Å². The Morgan fingerprint density at radius 3 is 2.68 bits per heavy atom. The van der Waals surface area contributed by atoms with Gasteiger partial charge in [0, 0.05) is 23.7 Å². The Kier molecular flexibility index (Phi) is 6.10. The third-order valence-electron chi connectivity index (χ3n) is 4.69. The molecule has 0 spiro atoms. The largest absolute Gasteiger partial charge is 0.416 e. The lowest BCUT2D eigenvalue weighted by atomic mass is 10.1. The Hall–Kier alpha value is -2.72. The Morgan fingerprint density at radius 2 is 2.03 bits per heavy atom. The van der Waals surface area contributed by atoms with Crippen LogP contribution in [0.4, 0.5) is 29.3 Å². The fourth-order valence-electron chi connectivity index (χ4n) is 3.23.